The van der Waals surface area contributed by atoms with Crippen LogP contribution in [0.4, 0.5) is 5.00 Å². The number of fused-ring (bicyclic) bond motifs is 1. The lowest BCUT2D eigenvalue weighted by atomic mass is 9.78. The van der Waals surface area contributed by atoms with E-state index in [0.29, 0.717) is 29.0 Å². The average Bonchev–Trinajstić information content (AvgIpc) is 3.40. The van der Waals surface area contributed by atoms with E-state index in [4.69, 9.17) is 5.73 Å². The van der Waals surface area contributed by atoms with Crippen LogP contribution >= 0.6 is 22.7 Å². The third-order valence-electron chi connectivity index (χ3n) is 6.21. The number of thiophene rings is 2. The Morgan fingerprint density at radius 3 is 2.67 bits per heavy atom. The summed E-state index contributed by atoms with van der Waals surface area (Å²) in [5.74, 6) is 0.0355. The lowest BCUT2D eigenvalue weighted by Gasteiger charge is -2.38. The number of hydrogen-bond donors (Lipinski definition) is 1. The van der Waals surface area contributed by atoms with Gasteiger partial charge in [-0.2, -0.15) is 10.5 Å². The van der Waals surface area contributed by atoms with Crippen LogP contribution in [-0.4, -0.2) is 5.78 Å². The summed E-state index contributed by atoms with van der Waals surface area (Å²) in [6.45, 7) is 0. The summed E-state index contributed by atoms with van der Waals surface area (Å²) >= 11 is 3.14. The molecule has 3 heterocycles. The van der Waals surface area contributed by atoms with Crippen molar-refractivity contribution in [2.45, 2.75) is 50.9 Å². The monoisotopic (exact) mass is 432 g/mol. The molecule has 0 spiro atoms. The van der Waals surface area contributed by atoms with Crippen LogP contribution in [0.2, 0.25) is 0 Å². The highest BCUT2D eigenvalue weighted by atomic mass is 32.1. The van der Waals surface area contributed by atoms with Gasteiger partial charge in [0.2, 0.25) is 0 Å². The van der Waals surface area contributed by atoms with Crippen LogP contribution in [-0.2, 0) is 17.6 Å². The number of nitriles is 2. The minimum Gasteiger partial charge on any atom is -0.384 e. The number of carbonyl (C=O) groups is 1. The molecule has 0 bridgehead atoms. The summed E-state index contributed by atoms with van der Waals surface area (Å²) in [4.78, 5) is 17.2. The van der Waals surface area contributed by atoms with Crippen LogP contribution in [0.15, 0.2) is 40.2 Å². The van der Waals surface area contributed by atoms with Gasteiger partial charge >= 0.3 is 0 Å². The molecule has 30 heavy (non-hydrogen) atoms. The Balaban J connectivity index is 1.77. The lowest BCUT2D eigenvalue weighted by Crippen LogP contribution is -2.38. The molecule has 2 aromatic rings. The van der Waals surface area contributed by atoms with E-state index in [1.807, 2.05) is 22.4 Å². The SMILES string of the molecule is N#CC1=C(N)N(c2sc3c(c2C#N)CCCC3)C2=C(C(=O)CCC2)C1c1cccs1. The zero-order valence-electron chi connectivity index (χ0n) is 16.4. The van der Waals surface area contributed by atoms with E-state index in [-0.39, 0.29) is 5.78 Å². The fraction of sp³-hybridized carbons (Fsp3) is 0.348. The molecule has 2 N–H and O–H groups in total. The van der Waals surface area contributed by atoms with Gasteiger partial charge in [-0.1, -0.05) is 6.07 Å². The second-order valence-corrected chi connectivity index (χ2v) is 9.90. The molecule has 3 aliphatic rings. The van der Waals surface area contributed by atoms with Crippen molar-refractivity contribution >= 4 is 33.5 Å². The number of nitrogens with two attached hydrogens (primary N) is 1. The minimum atomic E-state index is -0.408. The van der Waals surface area contributed by atoms with Gasteiger partial charge in [0.05, 0.1) is 23.1 Å². The predicted molar refractivity (Wildman–Crippen MR) is 118 cm³/mol. The van der Waals surface area contributed by atoms with Crippen LogP contribution in [0.5, 0.6) is 0 Å². The quantitative estimate of drug-likeness (QED) is 0.731. The third-order valence-corrected chi connectivity index (χ3v) is 8.42. The Bertz CT molecular complexity index is 1190. The first-order chi connectivity index (χ1) is 14.7. The average molecular weight is 433 g/mol. The predicted octanol–water partition coefficient (Wildman–Crippen LogP) is 4.86. The topological polar surface area (TPSA) is 93.9 Å². The standard InChI is InChI=1S/C23H20N4OS2/c24-11-14-13-5-1-2-8-18(13)30-23(14)27-16-6-3-7-17(28)21(16)20(15(12-25)22(27)26)19-9-4-10-29-19/h4,9-10,20H,1-3,5-8,26H2. The van der Waals surface area contributed by atoms with Gasteiger partial charge in [0.15, 0.2) is 5.78 Å². The van der Waals surface area contributed by atoms with Crippen molar-refractivity contribution in [2.75, 3.05) is 4.90 Å². The third kappa shape index (κ3) is 2.74. The Hall–Kier alpha value is -2.87. The summed E-state index contributed by atoms with van der Waals surface area (Å²) in [6.07, 6.45) is 6.04. The van der Waals surface area contributed by atoms with E-state index in [9.17, 15) is 15.3 Å². The van der Waals surface area contributed by atoms with Crippen LogP contribution < -0.4 is 10.6 Å². The molecule has 0 radical (unpaired) electrons. The molecule has 1 unspecified atom stereocenters. The Morgan fingerprint density at radius 2 is 1.93 bits per heavy atom. The van der Waals surface area contributed by atoms with Gasteiger partial charge in [0, 0.05) is 27.4 Å². The highest BCUT2D eigenvalue weighted by Crippen LogP contribution is 2.50. The fourth-order valence-corrected chi connectivity index (χ4v) is 7.10. The van der Waals surface area contributed by atoms with Gasteiger partial charge in [-0.15, -0.1) is 22.7 Å². The van der Waals surface area contributed by atoms with Crippen LogP contribution in [0.25, 0.3) is 0 Å². The van der Waals surface area contributed by atoms with Crippen molar-refractivity contribution in [3.63, 3.8) is 0 Å². The number of carbonyl (C=O) groups excluding carboxylic acids is 1. The first-order valence-corrected chi connectivity index (χ1v) is 11.9. The normalized spacial score (nSPS) is 21.2. The summed E-state index contributed by atoms with van der Waals surface area (Å²) in [5.41, 5.74) is 10.4. The Labute approximate surface area is 183 Å². The van der Waals surface area contributed by atoms with Gasteiger partial charge in [-0.25, -0.2) is 0 Å². The van der Waals surface area contributed by atoms with Gasteiger partial charge in [-0.3, -0.25) is 9.69 Å². The highest BCUT2D eigenvalue weighted by Gasteiger charge is 2.42. The van der Waals surface area contributed by atoms with Crippen molar-refractivity contribution in [2.24, 2.45) is 5.73 Å². The molecule has 0 fully saturated rings. The molecule has 2 aromatic heterocycles. The van der Waals surface area contributed by atoms with E-state index in [2.05, 4.69) is 12.1 Å². The Morgan fingerprint density at radius 1 is 1.10 bits per heavy atom. The van der Waals surface area contributed by atoms with Gasteiger partial charge in [0.1, 0.15) is 16.9 Å². The van der Waals surface area contributed by atoms with E-state index in [0.717, 1.165) is 59.7 Å². The maximum absolute atomic E-state index is 13.1. The molecular formula is C23H20N4OS2. The van der Waals surface area contributed by atoms with Crippen molar-refractivity contribution in [1.82, 2.24) is 0 Å². The molecule has 0 saturated carbocycles. The van der Waals surface area contributed by atoms with Gasteiger partial charge in [0.25, 0.3) is 0 Å². The number of aryl methyl sites for hydroxylation is 1. The molecule has 1 atom stereocenters. The van der Waals surface area contributed by atoms with Crippen LogP contribution in [0.3, 0.4) is 0 Å². The highest BCUT2D eigenvalue weighted by molar-refractivity contribution is 7.16. The summed E-state index contributed by atoms with van der Waals surface area (Å²) in [6, 6.07) is 8.60. The maximum Gasteiger partial charge on any atom is 0.161 e. The number of anilines is 1. The zero-order valence-corrected chi connectivity index (χ0v) is 18.0. The molecule has 0 saturated heterocycles. The van der Waals surface area contributed by atoms with Gasteiger partial charge < -0.3 is 5.73 Å². The second-order valence-electron chi connectivity index (χ2n) is 7.83. The number of nitrogens with zero attached hydrogens (tertiary/aromatic N) is 3. The molecule has 5 nitrogen and oxygen atoms in total. The van der Waals surface area contributed by atoms with Crippen molar-refractivity contribution < 1.29 is 4.79 Å². The molecule has 0 aromatic carbocycles. The number of ketones is 1. The van der Waals surface area contributed by atoms with Gasteiger partial charge in [-0.05, 0) is 55.5 Å². The van der Waals surface area contributed by atoms with Crippen molar-refractivity contribution in [1.29, 1.82) is 10.5 Å². The van der Waals surface area contributed by atoms with E-state index in [1.54, 1.807) is 11.3 Å². The molecule has 2 aliphatic carbocycles. The fourth-order valence-electron chi connectivity index (χ4n) is 4.88. The van der Waals surface area contributed by atoms with E-state index in [1.165, 1.54) is 16.2 Å². The second kappa shape index (κ2) is 7.43. The molecular weight excluding hydrogens is 412 g/mol. The molecule has 7 heteroatoms. The smallest absolute Gasteiger partial charge is 0.161 e. The van der Waals surface area contributed by atoms with E-state index < -0.39 is 5.92 Å². The Kier molecular flexibility index (Phi) is 4.73. The largest absolute Gasteiger partial charge is 0.384 e. The minimum absolute atomic E-state index is 0.0831. The molecule has 0 amide bonds. The number of allylic oxidation sites excluding steroid dienone is 3. The number of hydrogen-bond acceptors (Lipinski definition) is 7. The first kappa shape index (κ1) is 19.1. The first-order valence-electron chi connectivity index (χ1n) is 10.2. The van der Waals surface area contributed by atoms with Crippen LogP contribution in [0, 0.1) is 22.7 Å². The molecule has 150 valence electrons. The maximum atomic E-state index is 13.1. The van der Waals surface area contributed by atoms with Crippen LogP contribution in [0.1, 0.15) is 58.9 Å². The number of rotatable bonds is 2. The molecule has 5 rings (SSSR count). The van der Waals surface area contributed by atoms with E-state index >= 15 is 0 Å². The van der Waals surface area contributed by atoms with Crippen molar-refractivity contribution in [3.8, 4) is 12.1 Å². The zero-order chi connectivity index (χ0) is 20.8. The molecule has 1 aliphatic heterocycles. The number of Topliss-reactive ketones (excluding diaryl/α,β-unsaturated/α-hetero) is 1. The summed E-state index contributed by atoms with van der Waals surface area (Å²) in [7, 11) is 0. The lowest BCUT2D eigenvalue weighted by molar-refractivity contribution is -0.116. The summed E-state index contributed by atoms with van der Waals surface area (Å²) < 4.78 is 0. The summed E-state index contributed by atoms with van der Waals surface area (Å²) in [5, 5.41) is 22.8. The van der Waals surface area contributed by atoms with Crippen molar-refractivity contribution in [3.05, 3.63) is 61.1 Å².